The molecule has 0 amide bonds. The molecule has 0 radical (unpaired) electrons. The first kappa shape index (κ1) is 36.0. The molecule has 6 aromatic rings. The van der Waals surface area contributed by atoms with Crippen LogP contribution in [0.25, 0.3) is 0 Å². The summed E-state index contributed by atoms with van der Waals surface area (Å²) in [7, 11) is 0. The van der Waals surface area contributed by atoms with Crippen molar-refractivity contribution < 1.29 is 15.0 Å². The number of para-hydroxylation sites is 4. The van der Waals surface area contributed by atoms with E-state index in [1.54, 1.807) is 24.3 Å². The number of hydrogen-bond donors (Lipinski definition) is 1. The van der Waals surface area contributed by atoms with Gasteiger partial charge in [0, 0.05) is 45.3 Å². The average molecular weight is 859 g/mol. The van der Waals surface area contributed by atoms with Crippen molar-refractivity contribution in [1.82, 2.24) is 0 Å². The normalized spacial score (nSPS) is 16.7. The number of aliphatic hydroxyl groups excluding tert-OH is 1. The monoisotopic (exact) mass is 856 g/mol. The number of fused-ring (bicyclic) bond motifs is 2. The number of benzene rings is 6. The van der Waals surface area contributed by atoms with Crippen LogP contribution in [0.1, 0.15) is 28.3 Å². The van der Waals surface area contributed by atoms with E-state index in [1.807, 2.05) is 102 Å². The Labute approximate surface area is 332 Å². The first-order chi connectivity index (χ1) is 26.7. The maximum absolute atomic E-state index is 12.7. The molecule has 6 aromatic carbocycles. The number of halogens is 2. The summed E-state index contributed by atoms with van der Waals surface area (Å²) in [6.07, 6.45) is -1.28. The molecular weight excluding hydrogens is 828 g/mol. The number of nitro groups is 2. The second-order valence-corrected chi connectivity index (χ2v) is 14.9. The second kappa shape index (κ2) is 15.0. The van der Waals surface area contributed by atoms with Crippen LogP contribution in [-0.4, -0.2) is 38.6 Å². The molecule has 0 aliphatic carbocycles. The smallest absolute Gasteiger partial charge is 0.269 e. The van der Waals surface area contributed by atoms with Gasteiger partial charge in [-0.15, -0.1) is 0 Å². The number of rotatable bonds is 9. The maximum atomic E-state index is 12.7. The van der Waals surface area contributed by atoms with E-state index in [1.165, 1.54) is 24.3 Å². The largest absolute Gasteiger partial charge is 0.368 e. The Kier molecular flexibility index (Phi) is 9.82. The van der Waals surface area contributed by atoms with E-state index in [0.29, 0.717) is 34.9 Å². The maximum Gasteiger partial charge on any atom is 0.269 e. The molecule has 3 atom stereocenters. The lowest BCUT2D eigenvalue weighted by atomic mass is 9.85. The van der Waals surface area contributed by atoms with Crippen molar-refractivity contribution in [2.45, 2.75) is 24.9 Å². The van der Waals surface area contributed by atoms with Crippen LogP contribution >= 0.6 is 31.9 Å². The lowest BCUT2D eigenvalue weighted by Gasteiger charge is -2.49. The molecule has 0 saturated carbocycles. The van der Waals surface area contributed by atoms with Crippen molar-refractivity contribution in [2.75, 3.05) is 9.80 Å². The summed E-state index contributed by atoms with van der Waals surface area (Å²) in [6.45, 7) is 0.304. The summed E-state index contributed by atoms with van der Waals surface area (Å²) in [6, 6.07) is 42.3. The Hall–Kier alpha value is -6.02. The van der Waals surface area contributed by atoms with Gasteiger partial charge >= 0.3 is 0 Å². The van der Waals surface area contributed by atoms with Gasteiger partial charge in [0.2, 0.25) is 0 Å². The highest BCUT2D eigenvalue weighted by Crippen LogP contribution is 2.47. The molecule has 2 aliphatic heterocycles. The van der Waals surface area contributed by atoms with Crippen molar-refractivity contribution in [3.8, 4) is 0 Å². The molecule has 1 N–H and O–H groups in total. The van der Waals surface area contributed by atoms with E-state index in [0.717, 1.165) is 37.0 Å². The molecule has 2 aliphatic rings. The molecule has 3 unspecified atom stereocenters. The molecule has 0 aromatic heterocycles. The van der Waals surface area contributed by atoms with Crippen LogP contribution < -0.4 is 9.80 Å². The van der Waals surface area contributed by atoms with Crippen LogP contribution in [0.5, 0.6) is 0 Å². The summed E-state index contributed by atoms with van der Waals surface area (Å²) >= 11 is 7.10. The summed E-state index contributed by atoms with van der Waals surface area (Å²) in [4.78, 5) is 37.1. The molecule has 8 rings (SSSR count). The number of aliphatic imine (C=N–C) groups is 2. The fourth-order valence-electron chi connectivity index (χ4n) is 7.23. The van der Waals surface area contributed by atoms with E-state index in [-0.39, 0.29) is 11.4 Å². The number of nitro benzene ring substituents is 2. The van der Waals surface area contributed by atoms with Gasteiger partial charge in [-0.05, 0) is 65.2 Å². The minimum atomic E-state index is -1.28. The highest BCUT2D eigenvalue weighted by molar-refractivity contribution is 9.10. The van der Waals surface area contributed by atoms with Gasteiger partial charge in [0.25, 0.3) is 11.4 Å². The van der Waals surface area contributed by atoms with Gasteiger partial charge in [-0.2, -0.15) is 0 Å². The van der Waals surface area contributed by atoms with E-state index in [4.69, 9.17) is 9.98 Å². The number of anilines is 2. The van der Waals surface area contributed by atoms with Crippen LogP contribution in [-0.2, 0) is 6.54 Å². The van der Waals surface area contributed by atoms with Crippen LogP contribution in [0.4, 0.5) is 34.1 Å². The van der Waals surface area contributed by atoms with Gasteiger partial charge in [0.1, 0.15) is 0 Å². The molecule has 0 saturated heterocycles. The zero-order valence-electron chi connectivity index (χ0n) is 28.8. The predicted octanol–water partition coefficient (Wildman–Crippen LogP) is 10.2. The summed E-state index contributed by atoms with van der Waals surface area (Å²) < 4.78 is 1.76. The molecule has 272 valence electrons. The van der Waals surface area contributed by atoms with Gasteiger partial charge in [-0.1, -0.05) is 105 Å². The van der Waals surface area contributed by atoms with Crippen LogP contribution in [0, 0.1) is 20.2 Å². The Morgan fingerprint density at radius 2 is 1.09 bits per heavy atom. The molecule has 11 nitrogen and oxygen atoms in total. The zero-order valence-corrected chi connectivity index (χ0v) is 32.0. The van der Waals surface area contributed by atoms with Crippen LogP contribution in [0.15, 0.2) is 165 Å². The van der Waals surface area contributed by atoms with Gasteiger partial charge in [0.15, 0.2) is 6.23 Å². The molecule has 13 heteroatoms. The predicted molar refractivity (Wildman–Crippen MR) is 221 cm³/mol. The fraction of sp³-hybridized carbons (Fsp3) is 0.0952. The van der Waals surface area contributed by atoms with Crippen molar-refractivity contribution >= 4 is 77.4 Å². The number of nitrogens with zero attached hydrogens (tertiary/aromatic N) is 6. The summed E-state index contributed by atoms with van der Waals surface area (Å²) in [5.74, 6) is 0. The van der Waals surface area contributed by atoms with Gasteiger partial charge in [-0.25, -0.2) is 9.98 Å². The number of aliphatic hydroxyl groups is 1. The second-order valence-electron chi connectivity index (χ2n) is 13.1. The summed E-state index contributed by atoms with van der Waals surface area (Å²) in [5.41, 5.74) is 6.87. The van der Waals surface area contributed by atoms with E-state index in [2.05, 4.69) is 36.8 Å². The van der Waals surface area contributed by atoms with Crippen molar-refractivity contribution in [2.24, 2.45) is 9.98 Å². The Morgan fingerprint density at radius 3 is 1.65 bits per heavy atom. The molecule has 55 heavy (non-hydrogen) atoms. The van der Waals surface area contributed by atoms with Crippen LogP contribution in [0.3, 0.4) is 0 Å². The Bertz CT molecular complexity index is 2480. The number of non-ortho nitro benzene ring substituents is 2. The molecule has 0 fully saturated rings. The third-order valence-corrected chi connectivity index (χ3v) is 10.8. The fourth-order valence-corrected chi connectivity index (χ4v) is 7.76. The van der Waals surface area contributed by atoms with Crippen molar-refractivity contribution in [1.29, 1.82) is 0 Å². The highest BCUT2D eigenvalue weighted by Gasteiger charge is 2.45. The lowest BCUT2D eigenvalue weighted by Crippen LogP contribution is -2.56. The first-order valence-electron chi connectivity index (χ1n) is 17.2. The van der Waals surface area contributed by atoms with Crippen molar-refractivity contribution in [3.05, 3.63) is 197 Å². The first-order valence-corrected chi connectivity index (χ1v) is 18.8. The number of hydrogen-bond acceptors (Lipinski definition) is 9. The van der Waals surface area contributed by atoms with Gasteiger partial charge in [0.05, 0.1) is 56.1 Å². The van der Waals surface area contributed by atoms with Crippen molar-refractivity contribution in [3.63, 3.8) is 0 Å². The molecule has 0 bridgehead atoms. The Morgan fingerprint density at radius 1 is 0.618 bits per heavy atom. The highest BCUT2D eigenvalue weighted by atomic mass is 79.9. The van der Waals surface area contributed by atoms with E-state index >= 15 is 0 Å². The quantitative estimate of drug-likeness (QED) is 0.113. The third-order valence-electron chi connectivity index (χ3n) is 9.78. The minimum Gasteiger partial charge on any atom is -0.368 e. The van der Waals surface area contributed by atoms with Crippen LogP contribution in [0.2, 0.25) is 0 Å². The Balaban J connectivity index is 1.40. The van der Waals surface area contributed by atoms with E-state index < -0.39 is 28.2 Å². The SMILES string of the molecule is O=[N+]([O-])c1ccc(CN2c3ccccc3N=C(c3ccc(Br)cc3)C2C(c2ccc([N+](=O)[O-])cc2)N2c3ccccc3N=C(c3ccc(Br)cc3)C2O)cc1. The zero-order chi connectivity index (χ0) is 38.2. The average Bonchev–Trinajstić information content (AvgIpc) is 3.20. The minimum absolute atomic E-state index is 0.0204. The topological polar surface area (TPSA) is 138 Å². The molecule has 0 spiro atoms. The molecule has 2 heterocycles. The molecular formula is C42H30Br2N6O5. The van der Waals surface area contributed by atoms with E-state index in [9.17, 15) is 25.3 Å². The standard InChI is InChI=1S/C42H30Br2N6O5/c43-30-17-11-27(12-18-30)38-41(47(36-7-3-1-5-34(36)45-38)25-26-9-21-32(22-10-26)49(52)53)40(29-15-23-33(24-16-29)50(54)55)48-37-8-4-2-6-35(37)46-39(42(48)51)28-13-19-31(44)20-14-28/h1-24,40-42,51H,25H2. The van der Waals surface area contributed by atoms with Gasteiger partial charge in [-0.3, -0.25) is 20.2 Å². The van der Waals surface area contributed by atoms with Gasteiger partial charge < -0.3 is 14.9 Å². The third kappa shape index (κ3) is 7.05. The summed E-state index contributed by atoms with van der Waals surface area (Å²) in [5, 5.41) is 36.2. The lowest BCUT2D eigenvalue weighted by molar-refractivity contribution is -0.385.